The van der Waals surface area contributed by atoms with E-state index in [2.05, 4.69) is 99.0 Å². The minimum absolute atomic E-state index is 0.184. The van der Waals surface area contributed by atoms with Gasteiger partial charge in [0.1, 0.15) is 11.5 Å². The summed E-state index contributed by atoms with van der Waals surface area (Å²) in [5, 5.41) is 21.4. The van der Waals surface area contributed by atoms with Crippen LogP contribution in [-0.4, -0.2) is 10.2 Å². The molecule has 2 rings (SSSR count). The van der Waals surface area contributed by atoms with Crippen LogP contribution in [0.15, 0.2) is 29.3 Å². The number of rotatable bonds is 2. The number of hydrogen-bond acceptors (Lipinski definition) is 2. The molecule has 0 heterocycles. The Labute approximate surface area is 210 Å². The van der Waals surface area contributed by atoms with Crippen LogP contribution in [0.25, 0.3) is 5.57 Å². The Balaban J connectivity index is 3.21. The smallest absolute Gasteiger partial charge is 0.116 e. The molecular weight excluding hydrogens is 472 g/mol. The van der Waals surface area contributed by atoms with E-state index in [1.807, 2.05) is 29.3 Å². The normalized spacial score (nSPS) is 13.2. The quantitative estimate of drug-likeness (QED) is 0.419. The molecule has 0 saturated heterocycles. The van der Waals surface area contributed by atoms with Gasteiger partial charge in [0, 0.05) is 0 Å². The van der Waals surface area contributed by atoms with Crippen LogP contribution < -0.4 is 0 Å². The van der Waals surface area contributed by atoms with Gasteiger partial charge in [-0.3, -0.25) is 0 Å². The molecule has 2 aromatic carbocycles. The highest BCUT2D eigenvalue weighted by atomic mass is 79.9. The molecule has 0 saturated carbocycles. The molecule has 0 fully saturated rings. The molecule has 2 N–H and O–H groups in total. The lowest BCUT2D eigenvalue weighted by molar-refractivity contribution is 0.464. The lowest BCUT2D eigenvalue weighted by atomic mass is 9.69. The second-order valence-electron chi connectivity index (χ2n) is 13.4. The third-order valence-electron chi connectivity index (χ3n) is 6.13. The van der Waals surface area contributed by atoms with Crippen molar-refractivity contribution in [1.82, 2.24) is 0 Å². The molecule has 0 aliphatic rings. The average Bonchev–Trinajstić information content (AvgIpc) is 2.60. The van der Waals surface area contributed by atoms with Crippen molar-refractivity contribution in [3.8, 4) is 11.5 Å². The summed E-state index contributed by atoms with van der Waals surface area (Å²) in [7, 11) is 0. The SMILES string of the molecule is CC(C)(C)c1cc(O)cc(C(C)(C)C)c1C(=CBr)c1c(C(C)(C)C)cc(O)cc1C(C)(C)C. The second kappa shape index (κ2) is 8.80. The van der Waals surface area contributed by atoms with Crippen LogP contribution in [0.3, 0.4) is 0 Å². The summed E-state index contributed by atoms with van der Waals surface area (Å²) < 4.78 is 0. The number of hydrogen-bond donors (Lipinski definition) is 2. The molecule has 2 aromatic rings. The van der Waals surface area contributed by atoms with E-state index in [1.165, 1.54) is 0 Å². The Morgan fingerprint density at radius 1 is 0.545 bits per heavy atom. The first kappa shape index (κ1) is 27.5. The van der Waals surface area contributed by atoms with Gasteiger partial charge >= 0.3 is 0 Å². The lowest BCUT2D eigenvalue weighted by Crippen LogP contribution is -2.24. The highest BCUT2D eigenvalue weighted by molar-refractivity contribution is 9.11. The van der Waals surface area contributed by atoms with Gasteiger partial charge in [-0.25, -0.2) is 0 Å². The number of aromatic hydroxyl groups is 2. The summed E-state index contributed by atoms with van der Waals surface area (Å²) in [6.45, 7) is 26.3. The van der Waals surface area contributed by atoms with E-state index in [9.17, 15) is 10.2 Å². The summed E-state index contributed by atoms with van der Waals surface area (Å²) in [5.74, 6) is 0.584. The molecule has 0 spiro atoms. The molecule has 0 aromatic heterocycles. The topological polar surface area (TPSA) is 40.5 Å². The van der Waals surface area contributed by atoms with Crippen LogP contribution in [0.5, 0.6) is 11.5 Å². The van der Waals surface area contributed by atoms with Gasteiger partial charge in [0.25, 0.3) is 0 Å². The molecule has 0 atom stereocenters. The zero-order chi connectivity index (χ0) is 25.7. The van der Waals surface area contributed by atoms with Crippen LogP contribution in [0.1, 0.15) is 116 Å². The van der Waals surface area contributed by atoms with Gasteiger partial charge in [0.15, 0.2) is 0 Å². The first-order chi connectivity index (χ1) is 14.7. The molecule has 2 nitrogen and oxygen atoms in total. The summed E-state index contributed by atoms with van der Waals surface area (Å²) in [6.07, 6.45) is 0. The average molecular weight is 516 g/mol. The van der Waals surface area contributed by atoms with E-state index in [-0.39, 0.29) is 21.7 Å². The van der Waals surface area contributed by atoms with Crippen LogP contribution >= 0.6 is 15.9 Å². The molecule has 182 valence electrons. The van der Waals surface area contributed by atoms with E-state index in [1.54, 1.807) is 0 Å². The van der Waals surface area contributed by atoms with Crippen LogP contribution in [0.4, 0.5) is 0 Å². The molecule has 0 unspecified atom stereocenters. The van der Waals surface area contributed by atoms with Gasteiger partial charge in [-0.05, 0) is 89.9 Å². The largest absolute Gasteiger partial charge is 0.508 e. The van der Waals surface area contributed by atoms with E-state index in [0.29, 0.717) is 11.5 Å². The molecule has 0 amide bonds. The molecular formula is C30H43BrO2. The molecule has 0 bridgehead atoms. The summed E-state index contributed by atoms with van der Waals surface area (Å²) >= 11 is 3.74. The zero-order valence-corrected chi connectivity index (χ0v) is 24.2. The molecule has 0 aliphatic heterocycles. The van der Waals surface area contributed by atoms with Crippen molar-refractivity contribution < 1.29 is 10.2 Å². The maximum Gasteiger partial charge on any atom is 0.116 e. The van der Waals surface area contributed by atoms with Gasteiger partial charge in [-0.15, -0.1) is 0 Å². The second-order valence-corrected chi connectivity index (χ2v) is 13.8. The minimum Gasteiger partial charge on any atom is -0.508 e. The van der Waals surface area contributed by atoms with Gasteiger partial charge < -0.3 is 10.2 Å². The Morgan fingerprint density at radius 2 is 0.758 bits per heavy atom. The number of benzene rings is 2. The lowest BCUT2D eigenvalue weighted by Gasteiger charge is -2.35. The van der Waals surface area contributed by atoms with Crippen LogP contribution in [0, 0.1) is 0 Å². The van der Waals surface area contributed by atoms with Crippen molar-refractivity contribution in [1.29, 1.82) is 0 Å². The molecule has 0 radical (unpaired) electrons. The predicted molar refractivity (Wildman–Crippen MR) is 147 cm³/mol. The minimum atomic E-state index is -0.184. The van der Waals surface area contributed by atoms with Gasteiger partial charge in [0.05, 0.1) is 0 Å². The van der Waals surface area contributed by atoms with Gasteiger partial charge in [0.2, 0.25) is 0 Å². The van der Waals surface area contributed by atoms with E-state index in [0.717, 1.165) is 39.0 Å². The fraction of sp³-hybridized carbons (Fsp3) is 0.533. The van der Waals surface area contributed by atoms with Crippen molar-refractivity contribution in [3.05, 3.63) is 62.6 Å². The van der Waals surface area contributed by atoms with Crippen molar-refractivity contribution in [2.24, 2.45) is 0 Å². The fourth-order valence-corrected chi connectivity index (χ4v) is 4.89. The monoisotopic (exact) mass is 514 g/mol. The van der Waals surface area contributed by atoms with Crippen LogP contribution in [-0.2, 0) is 21.7 Å². The van der Waals surface area contributed by atoms with Crippen LogP contribution in [0.2, 0.25) is 0 Å². The van der Waals surface area contributed by atoms with Gasteiger partial charge in [-0.1, -0.05) is 99.0 Å². The van der Waals surface area contributed by atoms with E-state index in [4.69, 9.17) is 0 Å². The van der Waals surface area contributed by atoms with Crippen molar-refractivity contribution in [3.63, 3.8) is 0 Å². The molecule has 3 heteroatoms. The third kappa shape index (κ3) is 5.85. The van der Waals surface area contributed by atoms with E-state index >= 15 is 0 Å². The highest BCUT2D eigenvalue weighted by Crippen LogP contribution is 2.48. The predicted octanol–water partition coefficient (Wildman–Crippen LogP) is 9.07. The first-order valence-corrected chi connectivity index (χ1v) is 12.7. The summed E-state index contributed by atoms with van der Waals surface area (Å²) in [5.41, 5.74) is 7.05. The number of phenolic OH excluding ortho intramolecular Hbond substituents is 2. The maximum atomic E-state index is 10.7. The molecule has 0 aliphatic carbocycles. The van der Waals surface area contributed by atoms with Crippen molar-refractivity contribution in [2.75, 3.05) is 0 Å². The van der Waals surface area contributed by atoms with E-state index < -0.39 is 0 Å². The maximum absolute atomic E-state index is 10.7. The van der Waals surface area contributed by atoms with Crippen molar-refractivity contribution in [2.45, 2.75) is 105 Å². The van der Waals surface area contributed by atoms with Crippen molar-refractivity contribution >= 4 is 21.5 Å². The zero-order valence-electron chi connectivity index (χ0n) is 22.7. The Kier molecular flexibility index (Phi) is 7.33. The molecule has 33 heavy (non-hydrogen) atoms. The number of phenols is 2. The highest BCUT2D eigenvalue weighted by Gasteiger charge is 2.34. The standard InChI is InChI=1S/C30H43BrO2/c1-27(2,3)21-13-18(32)14-22(28(4,5)6)25(21)20(17-31)26-23(29(7,8)9)15-19(33)16-24(26)30(10,11)12/h13-17,32-33H,1-12H3. The number of halogens is 1. The summed E-state index contributed by atoms with van der Waals surface area (Å²) in [6, 6.07) is 7.65. The Bertz CT molecular complexity index is 909. The first-order valence-electron chi connectivity index (χ1n) is 11.8. The van der Waals surface area contributed by atoms with Gasteiger partial charge in [-0.2, -0.15) is 0 Å². The Hall–Kier alpha value is -1.74. The third-order valence-corrected chi connectivity index (χ3v) is 6.58. The Morgan fingerprint density at radius 3 is 0.909 bits per heavy atom. The fourth-order valence-electron chi connectivity index (χ4n) is 4.43. The summed E-state index contributed by atoms with van der Waals surface area (Å²) in [4.78, 5) is 2.03.